The lowest BCUT2D eigenvalue weighted by Gasteiger charge is -2.10. The summed E-state index contributed by atoms with van der Waals surface area (Å²) in [7, 11) is 0. The zero-order chi connectivity index (χ0) is 21.8. The van der Waals surface area contributed by atoms with Gasteiger partial charge in [0.25, 0.3) is 5.56 Å². The van der Waals surface area contributed by atoms with E-state index in [1.165, 1.54) is 11.8 Å². The number of ether oxygens (including phenoxy) is 1. The molecule has 8 nitrogen and oxygen atoms in total. The number of fused-ring (bicyclic) bond motifs is 3. The molecule has 0 spiro atoms. The van der Waals surface area contributed by atoms with Crippen LogP contribution >= 0.6 is 11.8 Å². The van der Waals surface area contributed by atoms with Crippen molar-refractivity contribution in [3.63, 3.8) is 0 Å². The van der Waals surface area contributed by atoms with Crippen LogP contribution < -0.4 is 15.6 Å². The van der Waals surface area contributed by atoms with E-state index < -0.39 is 0 Å². The van der Waals surface area contributed by atoms with Crippen LogP contribution in [0.3, 0.4) is 0 Å². The molecular weight excluding hydrogens is 414 g/mol. The molecule has 4 rings (SSSR count). The summed E-state index contributed by atoms with van der Waals surface area (Å²) in [5.41, 5.74) is 1.35. The van der Waals surface area contributed by atoms with Crippen molar-refractivity contribution < 1.29 is 9.53 Å². The van der Waals surface area contributed by atoms with E-state index in [-0.39, 0.29) is 17.2 Å². The second-order valence-electron chi connectivity index (χ2n) is 6.89. The molecule has 160 valence electrons. The highest BCUT2D eigenvalue weighted by atomic mass is 32.2. The number of carbonyl (C=O) groups excluding carboxylic acids is 1. The summed E-state index contributed by atoms with van der Waals surface area (Å²) in [5, 5.41) is 12.5. The van der Waals surface area contributed by atoms with E-state index in [4.69, 9.17) is 4.74 Å². The Morgan fingerprint density at radius 3 is 2.61 bits per heavy atom. The van der Waals surface area contributed by atoms with Gasteiger partial charge < -0.3 is 10.1 Å². The molecule has 0 saturated heterocycles. The summed E-state index contributed by atoms with van der Waals surface area (Å²) in [6, 6.07) is 14.6. The van der Waals surface area contributed by atoms with E-state index in [9.17, 15) is 9.59 Å². The summed E-state index contributed by atoms with van der Waals surface area (Å²) in [4.78, 5) is 25.3. The standard InChI is InChI=1S/C22H23N5O3S/c1-3-13-26-20(29)17-7-5-6-8-18(17)27-21(26)24-25-22(27)31-14-19(28)23-15-9-11-16(12-10-15)30-4-2/h5-12H,3-4,13-14H2,1-2H3,(H,23,28). The predicted molar refractivity (Wildman–Crippen MR) is 122 cm³/mol. The monoisotopic (exact) mass is 437 g/mol. The number of nitrogens with one attached hydrogen (secondary N) is 1. The Bertz CT molecular complexity index is 1280. The van der Waals surface area contributed by atoms with Crippen LogP contribution in [0.4, 0.5) is 5.69 Å². The molecule has 9 heteroatoms. The number of anilines is 1. The van der Waals surface area contributed by atoms with E-state index in [0.29, 0.717) is 35.2 Å². The summed E-state index contributed by atoms with van der Waals surface area (Å²) in [5.74, 6) is 1.25. The first kappa shape index (κ1) is 20.9. The van der Waals surface area contributed by atoms with Gasteiger partial charge >= 0.3 is 0 Å². The van der Waals surface area contributed by atoms with Gasteiger partial charge in [-0.15, -0.1) is 10.2 Å². The molecule has 1 amide bonds. The third-order valence-corrected chi connectivity index (χ3v) is 5.64. The first-order valence-electron chi connectivity index (χ1n) is 10.1. The lowest BCUT2D eigenvalue weighted by atomic mass is 10.2. The molecule has 2 aromatic heterocycles. The normalized spacial score (nSPS) is 11.2. The maximum Gasteiger partial charge on any atom is 0.262 e. The molecule has 31 heavy (non-hydrogen) atoms. The molecule has 0 atom stereocenters. The summed E-state index contributed by atoms with van der Waals surface area (Å²) in [6.45, 7) is 5.07. The molecule has 0 aliphatic rings. The number of hydrogen-bond donors (Lipinski definition) is 1. The summed E-state index contributed by atoms with van der Waals surface area (Å²) < 4.78 is 8.90. The first-order chi connectivity index (χ1) is 15.1. The number of hydrogen-bond acceptors (Lipinski definition) is 6. The number of para-hydroxylation sites is 1. The average molecular weight is 438 g/mol. The van der Waals surface area contributed by atoms with Gasteiger partial charge in [-0.2, -0.15) is 0 Å². The fourth-order valence-electron chi connectivity index (χ4n) is 3.38. The molecule has 0 fully saturated rings. The topological polar surface area (TPSA) is 90.5 Å². The number of nitrogens with zero attached hydrogens (tertiary/aromatic N) is 4. The summed E-state index contributed by atoms with van der Waals surface area (Å²) in [6.07, 6.45) is 0.799. The Hall–Kier alpha value is -3.33. The van der Waals surface area contributed by atoms with Crippen molar-refractivity contribution in [1.82, 2.24) is 19.2 Å². The fraction of sp³-hybridized carbons (Fsp3) is 0.273. The van der Waals surface area contributed by atoms with Crippen LogP contribution in [0.25, 0.3) is 16.7 Å². The van der Waals surface area contributed by atoms with Crippen molar-refractivity contribution in [3.8, 4) is 5.75 Å². The highest BCUT2D eigenvalue weighted by Crippen LogP contribution is 2.22. The Morgan fingerprint density at radius 1 is 1.10 bits per heavy atom. The predicted octanol–water partition coefficient (Wildman–Crippen LogP) is 3.58. The average Bonchev–Trinajstić information content (AvgIpc) is 3.21. The van der Waals surface area contributed by atoms with Gasteiger partial charge in [-0.25, -0.2) is 0 Å². The van der Waals surface area contributed by atoms with E-state index in [0.717, 1.165) is 17.7 Å². The SMILES string of the molecule is CCCn1c(=O)c2ccccc2n2c(SCC(=O)Nc3ccc(OCC)cc3)nnc12. The Balaban J connectivity index is 1.57. The number of rotatable bonds is 8. The third kappa shape index (κ3) is 4.27. The minimum Gasteiger partial charge on any atom is -0.494 e. The van der Waals surface area contributed by atoms with Gasteiger partial charge in [0.05, 0.1) is 23.3 Å². The van der Waals surface area contributed by atoms with Crippen molar-refractivity contribution >= 4 is 40.0 Å². The molecule has 0 unspecified atom stereocenters. The third-order valence-electron chi connectivity index (χ3n) is 4.71. The van der Waals surface area contributed by atoms with Gasteiger partial charge in [0.2, 0.25) is 11.7 Å². The van der Waals surface area contributed by atoms with E-state index in [2.05, 4.69) is 15.5 Å². The van der Waals surface area contributed by atoms with Crippen molar-refractivity contribution in [2.45, 2.75) is 32.0 Å². The van der Waals surface area contributed by atoms with Crippen molar-refractivity contribution in [2.24, 2.45) is 0 Å². The zero-order valence-electron chi connectivity index (χ0n) is 17.4. The zero-order valence-corrected chi connectivity index (χ0v) is 18.2. The molecule has 2 aromatic carbocycles. The number of aromatic nitrogens is 4. The Kier molecular flexibility index (Phi) is 6.22. The first-order valence-corrected chi connectivity index (χ1v) is 11.1. The lowest BCUT2D eigenvalue weighted by molar-refractivity contribution is -0.113. The van der Waals surface area contributed by atoms with Crippen LogP contribution in [0.2, 0.25) is 0 Å². The van der Waals surface area contributed by atoms with Gasteiger partial charge in [0, 0.05) is 12.2 Å². The minimum atomic E-state index is -0.155. The van der Waals surface area contributed by atoms with E-state index in [1.54, 1.807) is 22.8 Å². The second kappa shape index (κ2) is 9.22. The van der Waals surface area contributed by atoms with E-state index >= 15 is 0 Å². The van der Waals surface area contributed by atoms with Crippen LogP contribution in [0.15, 0.2) is 58.5 Å². The van der Waals surface area contributed by atoms with Gasteiger partial charge in [-0.3, -0.25) is 18.6 Å². The molecule has 0 aliphatic heterocycles. The van der Waals surface area contributed by atoms with E-state index in [1.807, 2.05) is 48.6 Å². The number of amides is 1. The Morgan fingerprint density at radius 2 is 1.87 bits per heavy atom. The van der Waals surface area contributed by atoms with Crippen LogP contribution in [0.1, 0.15) is 20.3 Å². The molecule has 0 saturated carbocycles. The van der Waals surface area contributed by atoms with Gasteiger partial charge in [-0.1, -0.05) is 30.8 Å². The summed E-state index contributed by atoms with van der Waals surface area (Å²) >= 11 is 1.28. The molecule has 4 aromatic rings. The molecule has 0 bridgehead atoms. The second-order valence-corrected chi connectivity index (χ2v) is 7.83. The molecule has 1 N–H and O–H groups in total. The highest BCUT2D eigenvalue weighted by molar-refractivity contribution is 7.99. The van der Waals surface area contributed by atoms with Crippen LogP contribution in [0, 0.1) is 0 Å². The van der Waals surface area contributed by atoms with Crippen molar-refractivity contribution in [1.29, 1.82) is 0 Å². The maximum atomic E-state index is 12.9. The van der Waals surface area contributed by atoms with Crippen LogP contribution in [0.5, 0.6) is 5.75 Å². The molecule has 0 aliphatic carbocycles. The minimum absolute atomic E-state index is 0.0813. The van der Waals surface area contributed by atoms with Crippen LogP contribution in [-0.4, -0.2) is 37.4 Å². The number of thioether (sulfide) groups is 1. The largest absolute Gasteiger partial charge is 0.494 e. The number of aryl methyl sites for hydroxylation is 1. The van der Waals surface area contributed by atoms with Gasteiger partial charge in [0.1, 0.15) is 5.75 Å². The number of carbonyl (C=O) groups is 1. The van der Waals surface area contributed by atoms with Gasteiger partial charge in [0.15, 0.2) is 5.16 Å². The van der Waals surface area contributed by atoms with Crippen molar-refractivity contribution in [3.05, 3.63) is 58.9 Å². The molecule has 0 radical (unpaired) electrons. The lowest BCUT2D eigenvalue weighted by Crippen LogP contribution is -2.23. The molecular formula is C22H23N5O3S. The quantitative estimate of drug-likeness (QED) is 0.424. The maximum absolute atomic E-state index is 12.9. The Labute approximate surface area is 183 Å². The highest BCUT2D eigenvalue weighted by Gasteiger charge is 2.17. The number of benzene rings is 2. The fourth-order valence-corrected chi connectivity index (χ4v) is 4.12. The smallest absolute Gasteiger partial charge is 0.262 e. The van der Waals surface area contributed by atoms with Gasteiger partial charge in [-0.05, 0) is 49.7 Å². The molecule has 2 heterocycles. The van der Waals surface area contributed by atoms with Crippen LogP contribution in [-0.2, 0) is 11.3 Å². The van der Waals surface area contributed by atoms with Crippen molar-refractivity contribution in [2.75, 3.05) is 17.7 Å².